The molecule has 1 aromatic carbocycles. The predicted molar refractivity (Wildman–Crippen MR) is 64.9 cm³/mol. The van der Waals surface area contributed by atoms with Crippen LogP contribution in [0.15, 0.2) is 28.3 Å². The quantitative estimate of drug-likeness (QED) is 0.941. The molecular formula is C10H7ClF2N4S. The molecule has 4 nitrogen and oxygen atoms in total. The third-order valence-corrected chi connectivity index (χ3v) is 2.97. The van der Waals surface area contributed by atoms with Crippen LogP contribution in [0.1, 0.15) is 0 Å². The fraction of sp³-hybridized carbons (Fsp3) is 0.100. The summed E-state index contributed by atoms with van der Waals surface area (Å²) in [5, 5.41) is 2.86. The van der Waals surface area contributed by atoms with Crippen molar-refractivity contribution in [1.82, 2.24) is 15.0 Å². The summed E-state index contributed by atoms with van der Waals surface area (Å²) in [4.78, 5) is 11.7. The van der Waals surface area contributed by atoms with Crippen molar-refractivity contribution in [3.63, 3.8) is 0 Å². The van der Waals surface area contributed by atoms with Crippen LogP contribution in [0.4, 0.5) is 14.7 Å². The van der Waals surface area contributed by atoms with E-state index in [-0.39, 0.29) is 21.3 Å². The standard InChI is InChI=1S/C10H7ClF2N4S/c1-14-9-15-8(11)16-10(17-9)18-7-4-5(12)2-3-6(7)13/h2-4H,1H3,(H,14,15,16,17). The maximum atomic E-state index is 13.4. The van der Waals surface area contributed by atoms with Gasteiger partial charge in [-0.1, -0.05) is 0 Å². The van der Waals surface area contributed by atoms with Gasteiger partial charge >= 0.3 is 0 Å². The van der Waals surface area contributed by atoms with Crippen LogP contribution in [0.2, 0.25) is 5.28 Å². The minimum Gasteiger partial charge on any atom is -0.357 e. The van der Waals surface area contributed by atoms with E-state index in [1.54, 1.807) is 7.05 Å². The van der Waals surface area contributed by atoms with Gasteiger partial charge < -0.3 is 5.32 Å². The lowest BCUT2D eigenvalue weighted by Crippen LogP contribution is -2.00. The number of hydrogen-bond acceptors (Lipinski definition) is 5. The third-order valence-electron chi connectivity index (χ3n) is 1.91. The van der Waals surface area contributed by atoms with E-state index in [0.29, 0.717) is 0 Å². The minimum absolute atomic E-state index is 0.0198. The number of nitrogens with zero attached hydrogens (tertiary/aromatic N) is 3. The molecule has 0 saturated carbocycles. The summed E-state index contributed by atoms with van der Waals surface area (Å²) in [5.41, 5.74) is 0. The van der Waals surface area contributed by atoms with Gasteiger partial charge in [0.25, 0.3) is 0 Å². The van der Waals surface area contributed by atoms with E-state index in [1.165, 1.54) is 0 Å². The molecule has 0 bridgehead atoms. The molecule has 0 saturated heterocycles. The minimum atomic E-state index is -0.552. The number of hydrogen-bond donors (Lipinski definition) is 1. The van der Waals surface area contributed by atoms with Gasteiger partial charge in [-0.05, 0) is 41.6 Å². The molecule has 0 fully saturated rings. The van der Waals surface area contributed by atoms with Crippen LogP contribution in [-0.2, 0) is 0 Å². The Morgan fingerprint density at radius 3 is 2.72 bits per heavy atom. The summed E-state index contributed by atoms with van der Waals surface area (Å²) in [6.45, 7) is 0. The summed E-state index contributed by atoms with van der Waals surface area (Å²) >= 11 is 6.55. The molecule has 0 amide bonds. The smallest absolute Gasteiger partial charge is 0.228 e. The first kappa shape index (κ1) is 13.0. The Labute approximate surface area is 111 Å². The largest absolute Gasteiger partial charge is 0.357 e. The molecule has 0 aliphatic carbocycles. The van der Waals surface area contributed by atoms with Gasteiger partial charge in [-0.25, -0.2) is 8.78 Å². The first-order valence-electron chi connectivity index (χ1n) is 4.80. The monoisotopic (exact) mass is 288 g/mol. The number of halogens is 3. The van der Waals surface area contributed by atoms with E-state index in [9.17, 15) is 8.78 Å². The first-order chi connectivity index (χ1) is 8.58. The van der Waals surface area contributed by atoms with Crippen LogP contribution < -0.4 is 5.32 Å². The second-order valence-electron chi connectivity index (χ2n) is 3.14. The Morgan fingerprint density at radius 1 is 1.22 bits per heavy atom. The normalized spacial score (nSPS) is 10.4. The summed E-state index contributed by atoms with van der Waals surface area (Å²) in [6.07, 6.45) is 0. The average Bonchev–Trinajstić information content (AvgIpc) is 2.33. The van der Waals surface area contributed by atoms with E-state index < -0.39 is 11.6 Å². The van der Waals surface area contributed by atoms with Crippen molar-refractivity contribution >= 4 is 29.3 Å². The van der Waals surface area contributed by atoms with Gasteiger partial charge in [0.15, 0.2) is 5.16 Å². The van der Waals surface area contributed by atoms with Gasteiger partial charge in [0, 0.05) is 7.05 Å². The highest BCUT2D eigenvalue weighted by Gasteiger charge is 2.10. The SMILES string of the molecule is CNc1nc(Cl)nc(Sc2cc(F)ccc2F)n1. The summed E-state index contributed by atoms with van der Waals surface area (Å²) in [6, 6.07) is 3.15. The maximum Gasteiger partial charge on any atom is 0.228 e. The van der Waals surface area contributed by atoms with Crippen LogP contribution in [-0.4, -0.2) is 22.0 Å². The molecule has 1 aromatic heterocycles. The van der Waals surface area contributed by atoms with E-state index in [4.69, 9.17) is 11.6 Å². The van der Waals surface area contributed by atoms with Crippen LogP contribution in [0, 0.1) is 11.6 Å². The highest BCUT2D eigenvalue weighted by molar-refractivity contribution is 7.99. The molecule has 18 heavy (non-hydrogen) atoms. The Hall–Kier alpha value is -1.47. The highest BCUT2D eigenvalue weighted by atomic mass is 35.5. The Kier molecular flexibility index (Phi) is 3.93. The number of anilines is 1. The predicted octanol–water partition coefficient (Wildman–Crippen LogP) is 3.00. The zero-order valence-corrected chi connectivity index (χ0v) is 10.7. The lowest BCUT2D eigenvalue weighted by molar-refractivity contribution is 0.577. The number of rotatable bonds is 3. The van der Waals surface area contributed by atoms with Gasteiger partial charge in [0.05, 0.1) is 4.90 Å². The van der Waals surface area contributed by atoms with Crippen molar-refractivity contribution in [2.24, 2.45) is 0 Å². The molecule has 8 heteroatoms. The van der Waals surface area contributed by atoms with Gasteiger partial charge in [0.1, 0.15) is 11.6 Å². The summed E-state index contributed by atoms with van der Waals surface area (Å²) in [7, 11) is 1.61. The first-order valence-corrected chi connectivity index (χ1v) is 6.00. The molecule has 94 valence electrons. The van der Waals surface area contributed by atoms with Crippen LogP contribution in [0.25, 0.3) is 0 Å². The Balaban J connectivity index is 2.33. The van der Waals surface area contributed by atoms with Crippen molar-refractivity contribution in [2.75, 3.05) is 12.4 Å². The number of benzene rings is 1. The molecule has 1 heterocycles. The number of aromatic nitrogens is 3. The van der Waals surface area contributed by atoms with Gasteiger partial charge in [-0.3, -0.25) is 0 Å². The zero-order valence-electron chi connectivity index (χ0n) is 9.12. The lowest BCUT2D eigenvalue weighted by Gasteiger charge is -2.04. The molecule has 0 radical (unpaired) electrons. The topological polar surface area (TPSA) is 50.7 Å². The molecule has 1 N–H and O–H groups in total. The fourth-order valence-electron chi connectivity index (χ4n) is 1.14. The molecule has 2 aromatic rings. The molecule has 0 aliphatic rings. The number of nitrogens with one attached hydrogen (secondary N) is 1. The molecule has 0 aliphatic heterocycles. The van der Waals surface area contributed by atoms with Crippen molar-refractivity contribution in [3.8, 4) is 0 Å². The molecule has 0 unspecified atom stereocenters. The van der Waals surface area contributed by atoms with E-state index >= 15 is 0 Å². The Bertz CT molecular complexity index is 582. The molecule has 2 rings (SSSR count). The second kappa shape index (κ2) is 5.45. The van der Waals surface area contributed by atoms with Gasteiger partial charge in [-0.2, -0.15) is 15.0 Å². The van der Waals surface area contributed by atoms with Crippen molar-refractivity contribution in [3.05, 3.63) is 35.1 Å². The zero-order chi connectivity index (χ0) is 13.1. The van der Waals surface area contributed by atoms with Gasteiger partial charge in [0.2, 0.25) is 11.2 Å². The molecular weight excluding hydrogens is 282 g/mol. The van der Waals surface area contributed by atoms with Crippen LogP contribution in [0.3, 0.4) is 0 Å². The Morgan fingerprint density at radius 2 is 2.00 bits per heavy atom. The maximum absolute atomic E-state index is 13.4. The molecule has 0 spiro atoms. The van der Waals surface area contributed by atoms with Crippen molar-refractivity contribution in [2.45, 2.75) is 10.1 Å². The highest BCUT2D eigenvalue weighted by Crippen LogP contribution is 2.28. The van der Waals surface area contributed by atoms with E-state index in [1.807, 2.05) is 0 Å². The lowest BCUT2D eigenvalue weighted by atomic mass is 10.3. The summed E-state index contributed by atoms with van der Waals surface area (Å²) < 4.78 is 26.4. The van der Waals surface area contributed by atoms with E-state index in [2.05, 4.69) is 20.3 Å². The van der Waals surface area contributed by atoms with Crippen molar-refractivity contribution in [1.29, 1.82) is 0 Å². The van der Waals surface area contributed by atoms with E-state index in [0.717, 1.165) is 30.0 Å². The third kappa shape index (κ3) is 3.05. The van der Waals surface area contributed by atoms with Crippen LogP contribution >= 0.6 is 23.4 Å². The van der Waals surface area contributed by atoms with Gasteiger partial charge in [-0.15, -0.1) is 0 Å². The fourth-order valence-corrected chi connectivity index (χ4v) is 2.15. The average molecular weight is 289 g/mol. The second-order valence-corrected chi connectivity index (χ2v) is 4.48. The molecule has 0 atom stereocenters. The van der Waals surface area contributed by atoms with Crippen molar-refractivity contribution < 1.29 is 8.78 Å². The summed E-state index contributed by atoms with van der Waals surface area (Å²) in [5.74, 6) is -0.828. The van der Waals surface area contributed by atoms with Crippen LogP contribution in [0.5, 0.6) is 0 Å².